The zero-order valence-corrected chi connectivity index (χ0v) is 20.7. The van der Waals surface area contributed by atoms with Gasteiger partial charge in [0.15, 0.2) is 0 Å². The van der Waals surface area contributed by atoms with Crippen LogP contribution in [0.1, 0.15) is 51.7 Å². The second-order valence-electron chi connectivity index (χ2n) is 10.0. The molecule has 2 atom stereocenters. The van der Waals surface area contributed by atoms with Crippen molar-refractivity contribution in [1.29, 1.82) is 0 Å². The first-order chi connectivity index (χ1) is 15.5. The summed E-state index contributed by atoms with van der Waals surface area (Å²) in [6.45, 7) is 8.66. The molecule has 0 aromatic heterocycles. The number of amides is 2. The molecule has 1 saturated heterocycles. The van der Waals surface area contributed by atoms with Gasteiger partial charge in [-0.2, -0.15) is 0 Å². The highest BCUT2D eigenvalue weighted by molar-refractivity contribution is 6.30. The molecule has 3 rings (SSSR count). The molecular weight excluding hydrogens is 436 g/mol. The molecule has 2 amide bonds. The average molecular weight is 471 g/mol. The van der Waals surface area contributed by atoms with Gasteiger partial charge in [-0.1, -0.05) is 81.8 Å². The van der Waals surface area contributed by atoms with Gasteiger partial charge < -0.3 is 15.3 Å². The first-order valence-corrected chi connectivity index (χ1v) is 12.0. The molecule has 33 heavy (non-hydrogen) atoms. The van der Waals surface area contributed by atoms with Crippen LogP contribution in [0.4, 0.5) is 0 Å². The van der Waals surface area contributed by atoms with Gasteiger partial charge >= 0.3 is 0 Å². The number of carbonyl (C=O) groups is 2. The number of hydrogen-bond acceptors (Lipinski definition) is 3. The molecule has 0 aliphatic carbocycles. The Morgan fingerprint density at radius 1 is 1.09 bits per heavy atom. The quantitative estimate of drug-likeness (QED) is 0.623. The lowest BCUT2D eigenvalue weighted by atomic mass is 9.66. The molecule has 178 valence electrons. The molecular formula is C27H35ClN2O3. The van der Waals surface area contributed by atoms with E-state index in [1.807, 2.05) is 70.2 Å². The number of piperidine rings is 1. The summed E-state index contributed by atoms with van der Waals surface area (Å²) in [5.74, 6) is -0.262. The molecule has 6 heteroatoms. The Kier molecular flexibility index (Phi) is 7.86. The van der Waals surface area contributed by atoms with Crippen molar-refractivity contribution in [2.24, 2.45) is 11.3 Å². The zero-order chi connectivity index (χ0) is 24.2. The van der Waals surface area contributed by atoms with Gasteiger partial charge in [0.2, 0.25) is 11.8 Å². The third-order valence-corrected chi connectivity index (χ3v) is 7.07. The van der Waals surface area contributed by atoms with Crippen molar-refractivity contribution in [3.05, 3.63) is 70.7 Å². The largest absolute Gasteiger partial charge is 0.384 e. The minimum atomic E-state index is -1.07. The molecule has 0 spiro atoms. The van der Waals surface area contributed by atoms with E-state index < -0.39 is 17.1 Å². The van der Waals surface area contributed by atoms with Crippen molar-refractivity contribution in [2.45, 2.75) is 58.6 Å². The molecule has 0 radical (unpaired) electrons. The van der Waals surface area contributed by atoms with Gasteiger partial charge in [0.25, 0.3) is 0 Å². The van der Waals surface area contributed by atoms with Crippen molar-refractivity contribution in [3.63, 3.8) is 0 Å². The van der Waals surface area contributed by atoms with E-state index in [1.54, 1.807) is 17.0 Å². The number of aliphatic hydroxyl groups is 1. The minimum Gasteiger partial charge on any atom is -0.384 e. The fourth-order valence-electron chi connectivity index (χ4n) is 4.63. The summed E-state index contributed by atoms with van der Waals surface area (Å²) in [7, 11) is 0. The highest BCUT2D eigenvalue weighted by atomic mass is 35.5. The highest BCUT2D eigenvalue weighted by Gasteiger charge is 2.50. The summed E-state index contributed by atoms with van der Waals surface area (Å²) in [5, 5.41) is 15.2. The van der Waals surface area contributed by atoms with Gasteiger partial charge in [-0.15, -0.1) is 0 Å². The lowest BCUT2D eigenvalue weighted by molar-refractivity contribution is -0.156. The van der Waals surface area contributed by atoms with Crippen molar-refractivity contribution >= 4 is 23.4 Å². The maximum atomic E-state index is 13.4. The van der Waals surface area contributed by atoms with Crippen LogP contribution in [0.3, 0.4) is 0 Å². The van der Waals surface area contributed by atoms with Crippen molar-refractivity contribution < 1.29 is 14.7 Å². The topological polar surface area (TPSA) is 69.6 Å². The Morgan fingerprint density at radius 2 is 1.73 bits per heavy atom. The Morgan fingerprint density at radius 3 is 2.30 bits per heavy atom. The van der Waals surface area contributed by atoms with Crippen LogP contribution >= 0.6 is 11.6 Å². The van der Waals surface area contributed by atoms with Gasteiger partial charge in [0, 0.05) is 29.9 Å². The monoisotopic (exact) mass is 470 g/mol. The smallest absolute Gasteiger partial charge is 0.245 e. The van der Waals surface area contributed by atoms with E-state index in [0.717, 1.165) is 11.1 Å². The summed E-state index contributed by atoms with van der Waals surface area (Å²) in [4.78, 5) is 27.9. The minimum absolute atomic E-state index is 0.0432. The van der Waals surface area contributed by atoms with Crippen molar-refractivity contribution in [1.82, 2.24) is 10.2 Å². The molecule has 1 aliphatic rings. The van der Waals surface area contributed by atoms with Gasteiger partial charge in [-0.3, -0.25) is 9.59 Å². The molecule has 0 saturated carbocycles. The van der Waals surface area contributed by atoms with Gasteiger partial charge in [0.1, 0.15) is 6.04 Å². The number of aryl methyl sites for hydroxylation is 1. The number of likely N-dealkylation sites (tertiary alicyclic amines) is 1. The molecule has 1 aliphatic heterocycles. The van der Waals surface area contributed by atoms with E-state index >= 15 is 0 Å². The number of carbonyl (C=O) groups excluding carboxylic acids is 2. The third kappa shape index (κ3) is 5.77. The molecule has 0 unspecified atom stereocenters. The second kappa shape index (κ2) is 10.3. The van der Waals surface area contributed by atoms with Gasteiger partial charge in [0.05, 0.1) is 5.60 Å². The SMILES string of the molecule is CC(C)[C@@H](NC(=O)CCc1ccccc1)C(=O)N1CC[C@](O)(c2ccc(Cl)cc2)C(C)(C)C1. The Hall–Kier alpha value is -2.37. The van der Waals surface area contributed by atoms with Crippen LogP contribution in [0, 0.1) is 11.3 Å². The number of rotatable bonds is 7. The maximum absolute atomic E-state index is 13.4. The molecule has 5 nitrogen and oxygen atoms in total. The molecule has 1 fully saturated rings. The van der Waals surface area contributed by atoms with E-state index in [1.165, 1.54) is 0 Å². The fourth-order valence-corrected chi connectivity index (χ4v) is 4.76. The van der Waals surface area contributed by atoms with E-state index in [-0.39, 0.29) is 17.7 Å². The summed E-state index contributed by atoms with van der Waals surface area (Å²) < 4.78 is 0. The first-order valence-electron chi connectivity index (χ1n) is 11.6. The first kappa shape index (κ1) is 25.3. The Bertz CT molecular complexity index is 959. The van der Waals surface area contributed by atoms with Gasteiger partial charge in [-0.25, -0.2) is 0 Å². The van der Waals surface area contributed by atoms with Crippen LogP contribution in [-0.4, -0.2) is 41.0 Å². The number of hydrogen-bond donors (Lipinski definition) is 2. The number of nitrogens with one attached hydrogen (secondary N) is 1. The third-order valence-electron chi connectivity index (χ3n) is 6.82. The average Bonchev–Trinajstić information content (AvgIpc) is 2.78. The van der Waals surface area contributed by atoms with Crippen LogP contribution in [0.2, 0.25) is 5.02 Å². The summed E-state index contributed by atoms with van der Waals surface area (Å²) >= 11 is 6.03. The number of benzene rings is 2. The lowest BCUT2D eigenvalue weighted by Crippen LogP contribution is -2.60. The van der Waals surface area contributed by atoms with Crippen LogP contribution < -0.4 is 5.32 Å². The number of nitrogens with zero attached hydrogens (tertiary/aromatic N) is 1. The molecule has 2 N–H and O–H groups in total. The van der Waals surface area contributed by atoms with E-state index in [2.05, 4.69) is 5.32 Å². The second-order valence-corrected chi connectivity index (χ2v) is 10.5. The van der Waals surface area contributed by atoms with E-state index in [4.69, 9.17) is 11.6 Å². The summed E-state index contributed by atoms with van der Waals surface area (Å²) in [6.07, 6.45) is 1.39. The Balaban J connectivity index is 1.67. The van der Waals surface area contributed by atoms with Gasteiger partial charge in [-0.05, 0) is 42.0 Å². The normalized spacial score (nSPS) is 21.0. The predicted molar refractivity (Wildman–Crippen MR) is 132 cm³/mol. The van der Waals surface area contributed by atoms with Crippen LogP contribution in [0.25, 0.3) is 0 Å². The lowest BCUT2D eigenvalue weighted by Gasteiger charge is -2.51. The summed E-state index contributed by atoms with van der Waals surface area (Å²) in [6, 6.07) is 16.5. The number of halogens is 1. The maximum Gasteiger partial charge on any atom is 0.245 e. The van der Waals surface area contributed by atoms with E-state index in [0.29, 0.717) is 37.4 Å². The van der Waals surface area contributed by atoms with Crippen molar-refractivity contribution in [3.8, 4) is 0 Å². The molecule has 2 aromatic carbocycles. The van der Waals surface area contributed by atoms with Crippen molar-refractivity contribution in [2.75, 3.05) is 13.1 Å². The Labute approximate surface area is 202 Å². The summed E-state index contributed by atoms with van der Waals surface area (Å²) in [5.41, 5.74) is 0.256. The molecule has 2 aromatic rings. The predicted octanol–water partition coefficient (Wildman–Crippen LogP) is 4.56. The molecule has 0 bridgehead atoms. The highest BCUT2D eigenvalue weighted by Crippen LogP contribution is 2.46. The fraction of sp³-hybridized carbons (Fsp3) is 0.481. The van der Waals surface area contributed by atoms with Crippen LogP contribution in [-0.2, 0) is 21.6 Å². The van der Waals surface area contributed by atoms with Crippen LogP contribution in [0.5, 0.6) is 0 Å². The molecule has 1 heterocycles. The van der Waals surface area contributed by atoms with E-state index in [9.17, 15) is 14.7 Å². The van der Waals surface area contributed by atoms with Crippen LogP contribution in [0.15, 0.2) is 54.6 Å². The standard InChI is InChI=1S/C27H35ClN2O3/c1-19(2)24(29-23(31)15-10-20-8-6-5-7-9-20)25(32)30-17-16-27(33,26(3,4)18-30)21-11-13-22(28)14-12-21/h5-9,11-14,19,24,33H,10,15-18H2,1-4H3,(H,29,31)/t24-,27+/m1/s1. The zero-order valence-electron chi connectivity index (χ0n) is 20.0.